The Morgan fingerprint density at radius 2 is 2.38 bits per heavy atom. The minimum atomic E-state index is -0.695. The average Bonchev–Trinajstić information content (AvgIpc) is 2.64. The van der Waals surface area contributed by atoms with E-state index in [9.17, 15) is 4.79 Å². The van der Waals surface area contributed by atoms with Crippen LogP contribution in [-0.2, 0) is 4.79 Å². The second-order valence-electron chi connectivity index (χ2n) is 4.44. The van der Waals surface area contributed by atoms with E-state index in [0.29, 0.717) is 6.42 Å². The quantitative estimate of drug-likeness (QED) is 0.769. The second kappa shape index (κ2) is 4.65. The van der Waals surface area contributed by atoms with Gasteiger partial charge >= 0.3 is 0 Å². The molecule has 1 rings (SSSR count). The first-order chi connectivity index (χ1) is 7.39. The van der Waals surface area contributed by atoms with Crippen molar-refractivity contribution >= 4 is 5.91 Å². The summed E-state index contributed by atoms with van der Waals surface area (Å²) < 4.78 is 1.86. The van der Waals surface area contributed by atoms with Gasteiger partial charge in [0.1, 0.15) is 0 Å². The van der Waals surface area contributed by atoms with Crippen molar-refractivity contribution in [2.45, 2.75) is 38.8 Å². The Morgan fingerprint density at radius 1 is 1.75 bits per heavy atom. The Labute approximate surface area is 96.0 Å². The number of likely N-dealkylation sites (N-methyl/N-ethyl adjacent to an activating group) is 1. The molecule has 2 unspecified atom stereocenters. The van der Waals surface area contributed by atoms with E-state index in [0.717, 1.165) is 5.69 Å². The monoisotopic (exact) mass is 224 g/mol. The van der Waals surface area contributed by atoms with Crippen LogP contribution in [0.1, 0.15) is 32.0 Å². The fourth-order valence-electron chi connectivity index (χ4n) is 1.69. The van der Waals surface area contributed by atoms with Gasteiger partial charge < -0.3 is 11.1 Å². The standard InChI is InChI=1S/C11H20N4O/c1-8-5-6-15(14-8)9(2)7-11(3,13-4)10(12)16/h5-6,9,13H,7H2,1-4H3,(H2,12,16). The van der Waals surface area contributed by atoms with Crippen LogP contribution in [0.5, 0.6) is 0 Å². The molecule has 1 amide bonds. The van der Waals surface area contributed by atoms with Crippen molar-refractivity contribution in [3.8, 4) is 0 Å². The molecule has 5 nitrogen and oxygen atoms in total. The lowest BCUT2D eigenvalue weighted by atomic mass is 9.93. The molecule has 0 aliphatic heterocycles. The smallest absolute Gasteiger partial charge is 0.237 e. The van der Waals surface area contributed by atoms with Gasteiger partial charge in [0.15, 0.2) is 0 Å². The lowest BCUT2D eigenvalue weighted by Gasteiger charge is -2.28. The Balaban J connectivity index is 2.77. The second-order valence-corrected chi connectivity index (χ2v) is 4.44. The SMILES string of the molecule is CNC(C)(CC(C)n1ccc(C)n1)C(N)=O. The molecule has 2 atom stereocenters. The molecule has 0 saturated heterocycles. The molecule has 0 bridgehead atoms. The molecule has 1 aromatic rings. The van der Waals surface area contributed by atoms with Gasteiger partial charge in [-0.3, -0.25) is 9.48 Å². The van der Waals surface area contributed by atoms with Gasteiger partial charge in [-0.15, -0.1) is 0 Å². The van der Waals surface area contributed by atoms with Crippen molar-refractivity contribution in [2.24, 2.45) is 5.73 Å². The number of nitrogens with zero attached hydrogens (tertiary/aromatic N) is 2. The molecule has 3 N–H and O–H groups in total. The van der Waals surface area contributed by atoms with Crippen molar-refractivity contribution in [3.05, 3.63) is 18.0 Å². The molecule has 5 heteroatoms. The van der Waals surface area contributed by atoms with Gasteiger partial charge in [0.25, 0.3) is 0 Å². The van der Waals surface area contributed by atoms with Crippen LogP contribution in [0, 0.1) is 6.92 Å². The van der Waals surface area contributed by atoms with E-state index in [4.69, 9.17) is 5.73 Å². The van der Waals surface area contributed by atoms with E-state index in [1.807, 2.05) is 37.7 Å². The summed E-state index contributed by atoms with van der Waals surface area (Å²) in [5.74, 6) is -0.342. The number of hydrogen-bond donors (Lipinski definition) is 2. The summed E-state index contributed by atoms with van der Waals surface area (Å²) in [5, 5.41) is 7.29. The first kappa shape index (κ1) is 12.7. The van der Waals surface area contributed by atoms with Gasteiger partial charge in [0, 0.05) is 6.20 Å². The summed E-state index contributed by atoms with van der Waals surface area (Å²) >= 11 is 0. The van der Waals surface area contributed by atoms with Crippen LogP contribution in [0.4, 0.5) is 0 Å². The lowest BCUT2D eigenvalue weighted by Crippen LogP contribution is -2.52. The minimum Gasteiger partial charge on any atom is -0.368 e. The molecule has 0 radical (unpaired) electrons. The molecule has 0 spiro atoms. The summed E-state index contributed by atoms with van der Waals surface area (Å²) in [5.41, 5.74) is 5.66. The van der Waals surface area contributed by atoms with Crippen LogP contribution in [0.15, 0.2) is 12.3 Å². The first-order valence-corrected chi connectivity index (χ1v) is 5.39. The molecule has 0 aromatic carbocycles. The Hall–Kier alpha value is -1.36. The molecule has 90 valence electrons. The van der Waals surface area contributed by atoms with Crippen molar-refractivity contribution in [1.82, 2.24) is 15.1 Å². The third-order valence-corrected chi connectivity index (χ3v) is 2.99. The van der Waals surface area contributed by atoms with Crippen LogP contribution >= 0.6 is 0 Å². The highest BCUT2D eigenvalue weighted by atomic mass is 16.1. The van der Waals surface area contributed by atoms with Crippen LogP contribution in [0.3, 0.4) is 0 Å². The number of nitrogens with one attached hydrogen (secondary N) is 1. The third kappa shape index (κ3) is 2.61. The van der Waals surface area contributed by atoms with Crippen LogP contribution < -0.4 is 11.1 Å². The predicted molar refractivity (Wildman–Crippen MR) is 63.0 cm³/mol. The topological polar surface area (TPSA) is 72.9 Å². The van der Waals surface area contributed by atoms with Gasteiger partial charge in [-0.25, -0.2) is 0 Å². The molecular formula is C11H20N4O. The molecule has 1 aromatic heterocycles. The molecule has 16 heavy (non-hydrogen) atoms. The zero-order valence-corrected chi connectivity index (χ0v) is 10.3. The highest BCUT2D eigenvalue weighted by Gasteiger charge is 2.31. The van der Waals surface area contributed by atoms with Crippen LogP contribution in [0.25, 0.3) is 0 Å². The van der Waals surface area contributed by atoms with Gasteiger partial charge in [-0.1, -0.05) is 0 Å². The number of carbonyl (C=O) groups excluding carboxylic acids is 1. The first-order valence-electron chi connectivity index (χ1n) is 5.39. The predicted octanol–water partition coefficient (Wildman–Crippen LogP) is 0.606. The van der Waals surface area contributed by atoms with Crippen LogP contribution in [0.2, 0.25) is 0 Å². The molecule has 0 saturated carbocycles. The maximum Gasteiger partial charge on any atom is 0.237 e. The number of primary amides is 1. The summed E-state index contributed by atoms with van der Waals surface area (Å²) in [6.07, 6.45) is 2.52. The number of aromatic nitrogens is 2. The van der Waals surface area contributed by atoms with Gasteiger partial charge in [-0.05, 0) is 40.3 Å². The fourth-order valence-corrected chi connectivity index (χ4v) is 1.69. The minimum absolute atomic E-state index is 0.124. The van der Waals surface area contributed by atoms with Crippen molar-refractivity contribution in [3.63, 3.8) is 0 Å². The summed E-state index contributed by atoms with van der Waals surface area (Å²) in [4.78, 5) is 11.4. The molecule has 1 heterocycles. The number of aryl methyl sites for hydroxylation is 1. The Morgan fingerprint density at radius 3 is 2.75 bits per heavy atom. The van der Waals surface area contributed by atoms with E-state index in [1.54, 1.807) is 7.05 Å². The zero-order valence-electron chi connectivity index (χ0n) is 10.3. The van der Waals surface area contributed by atoms with E-state index in [1.165, 1.54) is 0 Å². The maximum atomic E-state index is 11.4. The average molecular weight is 224 g/mol. The lowest BCUT2D eigenvalue weighted by molar-refractivity contribution is -0.124. The van der Waals surface area contributed by atoms with Gasteiger partial charge in [-0.2, -0.15) is 5.10 Å². The van der Waals surface area contributed by atoms with E-state index in [2.05, 4.69) is 10.4 Å². The number of amides is 1. The van der Waals surface area contributed by atoms with E-state index >= 15 is 0 Å². The number of rotatable bonds is 5. The van der Waals surface area contributed by atoms with Gasteiger partial charge in [0.05, 0.1) is 17.3 Å². The Kier molecular flexibility index (Phi) is 3.70. The normalized spacial score (nSPS) is 16.8. The highest BCUT2D eigenvalue weighted by Crippen LogP contribution is 2.19. The van der Waals surface area contributed by atoms with Crippen molar-refractivity contribution in [1.29, 1.82) is 0 Å². The molecule has 0 aliphatic carbocycles. The third-order valence-electron chi connectivity index (χ3n) is 2.99. The molecule has 0 fully saturated rings. The van der Waals surface area contributed by atoms with Crippen molar-refractivity contribution < 1.29 is 4.79 Å². The van der Waals surface area contributed by atoms with Gasteiger partial charge in [0.2, 0.25) is 5.91 Å². The van der Waals surface area contributed by atoms with Crippen LogP contribution in [-0.4, -0.2) is 28.3 Å². The van der Waals surface area contributed by atoms with E-state index < -0.39 is 5.54 Å². The maximum absolute atomic E-state index is 11.4. The largest absolute Gasteiger partial charge is 0.368 e. The zero-order chi connectivity index (χ0) is 12.3. The molecular weight excluding hydrogens is 204 g/mol. The number of nitrogens with two attached hydrogens (primary N) is 1. The van der Waals surface area contributed by atoms with E-state index in [-0.39, 0.29) is 11.9 Å². The number of carbonyl (C=O) groups is 1. The van der Waals surface area contributed by atoms with Crippen molar-refractivity contribution in [2.75, 3.05) is 7.05 Å². The Bertz CT molecular complexity index is 374. The summed E-state index contributed by atoms with van der Waals surface area (Å²) in [6, 6.07) is 2.07. The molecule has 0 aliphatic rings. The summed E-state index contributed by atoms with van der Waals surface area (Å²) in [6.45, 7) is 5.77. The highest BCUT2D eigenvalue weighted by molar-refractivity contribution is 5.84. The fraction of sp³-hybridized carbons (Fsp3) is 0.636. The summed E-state index contributed by atoms with van der Waals surface area (Å²) in [7, 11) is 1.74. The number of hydrogen-bond acceptors (Lipinski definition) is 3.